The Morgan fingerprint density at radius 1 is 1.30 bits per heavy atom. The van der Waals surface area contributed by atoms with E-state index in [9.17, 15) is 19.5 Å². The molecule has 128 valence electrons. The molecule has 8 heteroatoms. The van der Waals surface area contributed by atoms with Crippen molar-refractivity contribution in [3.63, 3.8) is 0 Å². The van der Waals surface area contributed by atoms with Crippen LogP contribution in [0.15, 0.2) is 9.59 Å². The van der Waals surface area contributed by atoms with Crippen molar-refractivity contribution in [2.24, 2.45) is 7.05 Å². The highest BCUT2D eigenvalue weighted by Gasteiger charge is 2.25. The molecule has 0 aromatic carbocycles. The predicted molar refractivity (Wildman–Crippen MR) is 86.7 cm³/mol. The Morgan fingerprint density at radius 2 is 1.91 bits per heavy atom. The fourth-order valence-corrected chi connectivity index (χ4v) is 2.84. The second-order valence-electron chi connectivity index (χ2n) is 5.99. The van der Waals surface area contributed by atoms with Gasteiger partial charge in [0.2, 0.25) is 0 Å². The van der Waals surface area contributed by atoms with Crippen LogP contribution in [0.5, 0.6) is 0 Å². The molecule has 1 fully saturated rings. The Bertz CT molecular complexity index is 699. The van der Waals surface area contributed by atoms with E-state index >= 15 is 0 Å². The lowest BCUT2D eigenvalue weighted by Gasteiger charge is -2.28. The summed E-state index contributed by atoms with van der Waals surface area (Å²) in [5.41, 5.74) is 4.66. The molecule has 0 atom stereocenters. The number of likely N-dealkylation sites (tertiary alicyclic amines) is 1. The molecule has 3 N–H and O–H groups in total. The van der Waals surface area contributed by atoms with Crippen molar-refractivity contribution in [3.05, 3.63) is 26.4 Å². The number of nitrogen functional groups attached to an aromatic ring is 1. The monoisotopic (exact) mass is 324 g/mol. The first-order chi connectivity index (χ1) is 10.9. The van der Waals surface area contributed by atoms with Crippen molar-refractivity contribution < 1.29 is 9.90 Å². The molecule has 8 nitrogen and oxygen atoms in total. The lowest BCUT2D eigenvalue weighted by Crippen LogP contribution is -2.45. The highest BCUT2D eigenvalue weighted by Crippen LogP contribution is 2.12. The van der Waals surface area contributed by atoms with Crippen molar-refractivity contribution in [1.82, 2.24) is 14.0 Å². The van der Waals surface area contributed by atoms with E-state index in [1.165, 1.54) is 11.6 Å². The van der Waals surface area contributed by atoms with E-state index in [-0.39, 0.29) is 29.8 Å². The zero-order chi connectivity index (χ0) is 17.1. The van der Waals surface area contributed by atoms with Gasteiger partial charge in [-0.2, -0.15) is 0 Å². The molecule has 0 amide bonds. The predicted octanol–water partition coefficient (Wildman–Crippen LogP) is -0.821. The van der Waals surface area contributed by atoms with Crippen molar-refractivity contribution in [1.29, 1.82) is 0 Å². The number of aliphatic hydroxyl groups is 1. The summed E-state index contributed by atoms with van der Waals surface area (Å²) in [6.07, 6.45) is 1.55. The SMILES string of the molecule is CCCn1c(N)c(C(=O)CN2CCC(O)CC2)c(=O)n(C)c1=O. The van der Waals surface area contributed by atoms with Gasteiger partial charge in [-0.3, -0.25) is 23.6 Å². The average molecular weight is 324 g/mol. The number of anilines is 1. The fourth-order valence-electron chi connectivity index (χ4n) is 2.84. The van der Waals surface area contributed by atoms with Gasteiger partial charge in [-0.1, -0.05) is 6.92 Å². The third-order valence-electron chi connectivity index (χ3n) is 4.23. The normalized spacial score (nSPS) is 16.7. The minimum absolute atomic E-state index is 0.0537. The lowest BCUT2D eigenvalue weighted by molar-refractivity contribution is 0.0710. The van der Waals surface area contributed by atoms with Gasteiger partial charge >= 0.3 is 5.69 Å². The van der Waals surface area contributed by atoms with E-state index in [1.54, 1.807) is 0 Å². The molecule has 0 bridgehead atoms. The first kappa shape index (κ1) is 17.4. The highest BCUT2D eigenvalue weighted by atomic mass is 16.3. The summed E-state index contributed by atoms with van der Waals surface area (Å²) in [7, 11) is 1.35. The van der Waals surface area contributed by atoms with E-state index in [0.717, 1.165) is 4.57 Å². The first-order valence-corrected chi connectivity index (χ1v) is 7.89. The highest BCUT2D eigenvalue weighted by molar-refractivity contribution is 6.01. The number of aliphatic hydroxyl groups excluding tert-OH is 1. The molecule has 2 rings (SSSR count). The Morgan fingerprint density at radius 3 is 2.48 bits per heavy atom. The van der Waals surface area contributed by atoms with Crippen LogP contribution >= 0.6 is 0 Å². The van der Waals surface area contributed by atoms with Crippen molar-refractivity contribution in [2.75, 3.05) is 25.4 Å². The van der Waals surface area contributed by atoms with Crippen LogP contribution in [-0.4, -0.2) is 50.7 Å². The lowest BCUT2D eigenvalue weighted by atomic mass is 10.1. The smallest absolute Gasteiger partial charge is 0.332 e. The fraction of sp³-hybridized carbons (Fsp3) is 0.667. The van der Waals surface area contributed by atoms with Crippen LogP contribution in [0.1, 0.15) is 36.5 Å². The van der Waals surface area contributed by atoms with Gasteiger partial charge in [-0.15, -0.1) is 0 Å². The molecule has 1 saturated heterocycles. The molecule has 0 radical (unpaired) electrons. The molecule has 23 heavy (non-hydrogen) atoms. The quantitative estimate of drug-likeness (QED) is 0.685. The Labute approximate surface area is 134 Å². The maximum atomic E-state index is 12.5. The second kappa shape index (κ2) is 7.10. The van der Waals surface area contributed by atoms with Crippen molar-refractivity contribution in [3.8, 4) is 0 Å². The first-order valence-electron chi connectivity index (χ1n) is 7.89. The van der Waals surface area contributed by atoms with Crippen molar-refractivity contribution >= 4 is 11.6 Å². The van der Waals surface area contributed by atoms with Gasteiger partial charge in [-0.05, 0) is 19.3 Å². The van der Waals surface area contributed by atoms with Gasteiger partial charge < -0.3 is 10.8 Å². The number of Topliss-reactive ketones (excluding diaryl/α,β-unsaturated/α-hetero) is 1. The molecular weight excluding hydrogens is 300 g/mol. The molecule has 0 saturated carbocycles. The van der Waals surface area contributed by atoms with Crippen LogP contribution in [0, 0.1) is 0 Å². The molecule has 1 aromatic heterocycles. The van der Waals surface area contributed by atoms with Gasteiger partial charge in [-0.25, -0.2) is 4.79 Å². The number of hydrogen-bond acceptors (Lipinski definition) is 6. The van der Waals surface area contributed by atoms with E-state index in [1.807, 2.05) is 11.8 Å². The number of nitrogens with zero attached hydrogens (tertiary/aromatic N) is 3. The molecular formula is C15H24N4O4. The average Bonchev–Trinajstić information content (AvgIpc) is 2.52. The topological polar surface area (TPSA) is 111 Å². The summed E-state index contributed by atoms with van der Waals surface area (Å²) in [6.45, 7) is 3.51. The number of carbonyl (C=O) groups is 1. The number of carbonyl (C=O) groups excluding carboxylic acids is 1. The number of nitrogens with two attached hydrogens (primary N) is 1. The summed E-state index contributed by atoms with van der Waals surface area (Å²) in [5.74, 6) is -0.439. The molecule has 1 aliphatic heterocycles. The molecule has 1 aromatic rings. The minimum atomic E-state index is -0.651. The van der Waals surface area contributed by atoms with Gasteiger partial charge in [0.15, 0.2) is 5.78 Å². The van der Waals surface area contributed by atoms with E-state index in [2.05, 4.69) is 0 Å². The molecule has 0 aliphatic carbocycles. The summed E-state index contributed by atoms with van der Waals surface area (Å²) >= 11 is 0. The third-order valence-corrected chi connectivity index (χ3v) is 4.23. The van der Waals surface area contributed by atoms with Crippen LogP contribution in [0.3, 0.4) is 0 Å². The maximum Gasteiger partial charge on any atom is 0.332 e. The summed E-state index contributed by atoms with van der Waals surface area (Å²) in [5, 5.41) is 9.51. The van der Waals surface area contributed by atoms with E-state index in [4.69, 9.17) is 5.73 Å². The van der Waals surface area contributed by atoms with Gasteiger partial charge in [0.05, 0.1) is 12.6 Å². The molecule has 0 unspecified atom stereocenters. The summed E-state index contributed by atoms with van der Waals surface area (Å²) in [4.78, 5) is 38.8. The van der Waals surface area contributed by atoms with E-state index < -0.39 is 11.2 Å². The standard InChI is InChI=1S/C15H24N4O4/c1-3-6-19-13(16)12(14(22)17(2)15(19)23)11(21)9-18-7-4-10(20)5-8-18/h10,20H,3-9,16H2,1-2H3. The largest absolute Gasteiger partial charge is 0.393 e. The van der Waals surface area contributed by atoms with Crippen LogP contribution in [0.25, 0.3) is 0 Å². The van der Waals surface area contributed by atoms with Crippen LogP contribution < -0.4 is 17.0 Å². The third kappa shape index (κ3) is 3.53. The minimum Gasteiger partial charge on any atom is -0.393 e. The summed E-state index contributed by atoms with van der Waals surface area (Å²) in [6, 6.07) is 0. The number of ketones is 1. The molecule has 0 spiro atoms. The van der Waals surface area contributed by atoms with Crippen molar-refractivity contribution in [2.45, 2.75) is 38.8 Å². The molecule has 1 aliphatic rings. The maximum absolute atomic E-state index is 12.5. The molecule has 2 heterocycles. The number of aromatic nitrogens is 2. The number of piperidine rings is 1. The number of hydrogen-bond donors (Lipinski definition) is 2. The van der Waals surface area contributed by atoms with Gasteiger partial charge in [0.1, 0.15) is 11.4 Å². The van der Waals surface area contributed by atoms with Crippen LogP contribution in [0.2, 0.25) is 0 Å². The van der Waals surface area contributed by atoms with Gasteiger partial charge in [0, 0.05) is 26.7 Å². The zero-order valence-electron chi connectivity index (χ0n) is 13.6. The number of rotatable bonds is 5. The Balaban J connectivity index is 2.33. The van der Waals surface area contributed by atoms with Crippen LogP contribution in [-0.2, 0) is 13.6 Å². The summed E-state index contributed by atoms with van der Waals surface area (Å²) < 4.78 is 2.20. The second-order valence-corrected chi connectivity index (χ2v) is 5.99. The Hall–Kier alpha value is -1.93. The Kier molecular flexibility index (Phi) is 5.38. The van der Waals surface area contributed by atoms with Crippen LogP contribution in [0.4, 0.5) is 5.82 Å². The van der Waals surface area contributed by atoms with E-state index in [0.29, 0.717) is 38.9 Å². The van der Waals surface area contributed by atoms with Gasteiger partial charge in [0.25, 0.3) is 5.56 Å². The zero-order valence-corrected chi connectivity index (χ0v) is 13.6.